The van der Waals surface area contributed by atoms with Gasteiger partial charge < -0.3 is 24.4 Å². The molecule has 0 aromatic rings. The first-order valence-corrected chi connectivity index (χ1v) is 18.5. The summed E-state index contributed by atoms with van der Waals surface area (Å²) in [6.45, 7) is 4.12. The summed E-state index contributed by atoms with van der Waals surface area (Å²) in [5, 5.41) is 21.3. The van der Waals surface area contributed by atoms with Gasteiger partial charge in [0.25, 0.3) is 0 Å². The van der Waals surface area contributed by atoms with Gasteiger partial charge >= 0.3 is 5.97 Å². The van der Waals surface area contributed by atoms with E-state index in [1.165, 1.54) is 70.6 Å². The summed E-state index contributed by atoms with van der Waals surface area (Å²) < 4.78 is 17.3. The summed E-state index contributed by atoms with van der Waals surface area (Å²) in [7, 11) is 0. The minimum absolute atomic E-state index is 0.00808. The zero-order chi connectivity index (χ0) is 31.6. The van der Waals surface area contributed by atoms with Crippen molar-refractivity contribution in [3.63, 3.8) is 0 Å². The molecule has 7 nitrogen and oxygen atoms in total. The number of Topliss-reactive ketones (excluding diaryl/α,β-unsaturated/α-hetero) is 1. The molecule has 3 aliphatic heterocycles. The second kappa shape index (κ2) is 21.5. The highest BCUT2D eigenvalue weighted by Gasteiger charge is 2.34. The molecule has 2 N–H and O–H groups in total. The van der Waals surface area contributed by atoms with Crippen LogP contribution in [0.25, 0.3) is 0 Å². The molecule has 44 heavy (non-hydrogen) atoms. The van der Waals surface area contributed by atoms with Crippen molar-refractivity contribution in [2.75, 3.05) is 0 Å². The third-order valence-corrected chi connectivity index (χ3v) is 9.84. The minimum atomic E-state index is -0.506. The molecule has 3 heterocycles. The molecule has 2 fully saturated rings. The third-order valence-electron chi connectivity index (χ3n) is 9.84. The van der Waals surface area contributed by atoms with Gasteiger partial charge in [-0.05, 0) is 57.9 Å². The molecule has 254 valence electrons. The van der Waals surface area contributed by atoms with E-state index in [9.17, 15) is 19.8 Å². The predicted octanol–water partition coefficient (Wildman–Crippen LogP) is 8.07. The standard InChI is InChI=1S/C37H64O7/c1-3-4-5-6-7-8-9-10-11-12-13-16-19-33(39)35-23-24-36(44-35)34(40)20-17-14-15-18-30(38)27-32-22-21-31(43-32)26-29-25-28(2)42-37(29)41/h25,28,31-36,39-40H,3-24,26-27H2,1-2H3/t28-,31+,32+,33-,34-,35-,36-/m1/s1. The normalized spacial score (nSPS) is 26.6. The Balaban J connectivity index is 1.13. The van der Waals surface area contributed by atoms with E-state index in [2.05, 4.69) is 6.92 Å². The predicted molar refractivity (Wildman–Crippen MR) is 174 cm³/mol. The first-order valence-electron chi connectivity index (χ1n) is 18.5. The maximum absolute atomic E-state index is 12.5. The Kier molecular flexibility index (Phi) is 18.2. The van der Waals surface area contributed by atoms with Crippen molar-refractivity contribution in [3.05, 3.63) is 11.6 Å². The number of aliphatic hydroxyl groups excluding tert-OH is 2. The average molecular weight is 621 g/mol. The molecular weight excluding hydrogens is 556 g/mol. The first kappa shape index (κ1) is 37.2. The van der Waals surface area contributed by atoms with Crippen LogP contribution in [0.1, 0.15) is 168 Å². The Morgan fingerprint density at radius 2 is 1.27 bits per heavy atom. The lowest BCUT2D eigenvalue weighted by molar-refractivity contribution is -0.139. The van der Waals surface area contributed by atoms with Crippen molar-refractivity contribution in [1.82, 2.24) is 0 Å². The highest BCUT2D eigenvalue weighted by atomic mass is 16.5. The molecule has 3 rings (SSSR count). The zero-order valence-electron chi connectivity index (χ0n) is 28.0. The van der Waals surface area contributed by atoms with Crippen LogP contribution in [0.2, 0.25) is 0 Å². The molecular formula is C37H64O7. The average Bonchev–Trinajstić information content (AvgIpc) is 3.74. The summed E-state index contributed by atoms with van der Waals surface area (Å²) in [5.74, 6) is -0.0129. The van der Waals surface area contributed by atoms with Gasteiger partial charge in [-0.3, -0.25) is 4.79 Å². The van der Waals surface area contributed by atoms with Crippen LogP contribution in [0.3, 0.4) is 0 Å². The van der Waals surface area contributed by atoms with E-state index in [-0.39, 0.29) is 42.3 Å². The largest absolute Gasteiger partial charge is 0.455 e. The SMILES string of the molecule is CCCCCCCCCCCCCC[C@@H](O)[C@H]1CC[C@H]([C@H](O)CCCCCC(=O)C[C@@H]2CC[C@@H](CC3=C[C@@H](C)OC3=O)O2)O1. The van der Waals surface area contributed by atoms with Crippen LogP contribution in [-0.4, -0.2) is 64.7 Å². The number of hydrogen-bond donors (Lipinski definition) is 2. The first-order chi connectivity index (χ1) is 21.4. The highest BCUT2D eigenvalue weighted by Crippen LogP contribution is 2.30. The number of ether oxygens (including phenoxy) is 3. The number of ketones is 1. The number of cyclic esters (lactones) is 1. The van der Waals surface area contributed by atoms with Crippen LogP contribution in [0.15, 0.2) is 11.6 Å². The van der Waals surface area contributed by atoms with Gasteiger partial charge in [0, 0.05) is 24.8 Å². The summed E-state index contributed by atoms with van der Waals surface area (Å²) >= 11 is 0. The second-order valence-electron chi connectivity index (χ2n) is 13.9. The molecule has 0 bridgehead atoms. The van der Waals surface area contributed by atoms with E-state index in [0.29, 0.717) is 31.3 Å². The van der Waals surface area contributed by atoms with Gasteiger partial charge in [-0.25, -0.2) is 4.79 Å². The van der Waals surface area contributed by atoms with Crippen LogP contribution in [0, 0.1) is 0 Å². The lowest BCUT2D eigenvalue weighted by Gasteiger charge is -2.22. The molecule has 0 aromatic carbocycles. The summed E-state index contributed by atoms with van der Waals surface area (Å²) in [6.07, 6.45) is 25.1. The number of aliphatic hydroxyl groups is 2. The van der Waals surface area contributed by atoms with Gasteiger partial charge in [0.15, 0.2) is 0 Å². The number of rotatable bonds is 25. The van der Waals surface area contributed by atoms with Crippen LogP contribution in [0.4, 0.5) is 0 Å². The Bertz CT molecular complexity index is 842. The molecule has 0 saturated carbocycles. The molecule has 0 spiro atoms. The number of hydrogen-bond acceptors (Lipinski definition) is 7. The number of carbonyl (C=O) groups is 2. The van der Waals surface area contributed by atoms with Crippen LogP contribution >= 0.6 is 0 Å². The van der Waals surface area contributed by atoms with Gasteiger partial charge in [-0.2, -0.15) is 0 Å². The number of unbranched alkanes of at least 4 members (excludes halogenated alkanes) is 13. The Labute approximate surface area is 267 Å². The van der Waals surface area contributed by atoms with Crippen molar-refractivity contribution in [3.8, 4) is 0 Å². The molecule has 3 aliphatic rings. The maximum atomic E-state index is 12.5. The van der Waals surface area contributed by atoms with Crippen LogP contribution in [-0.2, 0) is 23.8 Å². The van der Waals surface area contributed by atoms with Crippen molar-refractivity contribution >= 4 is 11.8 Å². The Hall–Kier alpha value is -1.28. The molecule has 0 aromatic heterocycles. The molecule has 2 saturated heterocycles. The van der Waals surface area contributed by atoms with E-state index in [0.717, 1.165) is 57.8 Å². The molecule has 0 amide bonds. The molecule has 7 heteroatoms. The van der Waals surface area contributed by atoms with E-state index in [1.54, 1.807) is 0 Å². The molecule has 7 atom stereocenters. The third kappa shape index (κ3) is 14.4. The van der Waals surface area contributed by atoms with Crippen LogP contribution in [0.5, 0.6) is 0 Å². The van der Waals surface area contributed by atoms with Crippen molar-refractivity contribution in [2.24, 2.45) is 0 Å². The monoisotopic (exact) mass is 620 g/mol. The summed E-state index contributed by atoms with van der Waals surface area (Å²) in [5.41, 5.74) is 0.696. The fourth-order valence-corrected chi connectivity index (χ4v) is 7.14. The quantitative estimate of drug-likeness (QED) is 0.0786. The van der Waals surface area contributed by atoms with E-state index in [4.69, 9.17) is 14.2 Å². The topological polar surface area (TPSA) is 102 Å². The highest BCUT2D eigenvalue weighted by molar-refractivity contribution is 5.90. The zero-order valence-corrected chi connectivity index (χ0v) is 28.0. The molecule has 0 radical (unpaired) electrons. The van der Waals surface area contributed by atoms with Crippen molar-refractivity contribution in [1.29, 1.82) is 0 Å². The van der Waals surface area contributed by atoms with Gasteiger partial charge in [0.2, 0.25) is 0 Å². The van der Waals surface area contributed by atoms with Crippen LogP contribution < -0.4 is 0 Å². The smallest absolute Gasteiger partial charge is 0.334 e. The Morgan fingerprint density at radius 3 is 1.82 bits per heavy atom. The van der Waals surface area contributed by atoms with Gasteiger partial charge in [-0.15, -0.1) is 0 Å². The minimum Gasteiger partial charge on any atom is -0.455 e. The van der Waals surface area contributed by atoms with E-state index in [1.807, 2.05) is 13.0 Å². The fourth-order valence-electron chi connectivity index (χ4n) is 7.14. The fraction of sp³-hybridized carbons (Fsp3) is 0.892. The van der Waals surface area contributed by atoms with E-state index < -0.39 is 12.2 Å². The van der Waals surface area contributed by atoms with Crippen molar-refractivity contribution in [2.45, 2.75) is 211 Å². The lowest BCUT2D eigenvalue weighted by Crippen LogP contribution is -2.31. The van der Waals surface area contributed by atoms with Gasteiger partial charge in [-0.1, -0.05) is 96.8 Å². The maximum Gasteiger partial charge on any atom is 0.334 e. The van der Waals surface area contributed by atoms with Gasteiger partial charge in [0.05, 0.1) is 36.6 Å². The molecule has 0 aliphatic carbocycles. The van der Waals surface area contributed by atoms with Crippen molar-refractivity contribution < 1.29 is 34.0 Å². The second-order valence-corrected chi connectivity index (χ2v) is 13.9. The Morgan fingerprint density at radius 1 is 0.750 bits per heavy atom. The summed E-state index contributed by atoms with van der Waals surface area (Å²) in [4.78, 5) is 24.3. The number of esters is 1. The summed E-state index contributed by atoms with van der Waals surface area (Å²) in [6, 6.07) is 0. The lowest BCUT2D eigenvalue weighted by atomic mass is 9.99. The van der Waals surface area contributed by atoms with Gasteiger partial charge in [0.1, 0.15) is 11.9 Å². The number of carbonyl (C=O) groups excluding carboxylic acids is 2. The van der Waals surface area contributed by atoms with E-state index >= 15 is 0 Å². The molecule has 0 unspecified atom stereocenters.